The Hall–Kier alpha value is -3.27. The number of methoxy groups -OCH3 is 1. The third-order valence-corrected chi connectivity index (χ3v) is 5.79. The summed E-state index contributed by atoms with van der Waals surface area (Å²) >= 11 is 13.0. The van der Waals surface area contributed by atoms with E-state index in [2.05, 4.69) is 0 Å². The number of aromatic nitrogens is 1. The van der Waals surface area contributed by atoms with Crippen LogP contribution in [0, 0.1) is 0 Å². The van der Waals surface area contributed by atoms with Crippen molar-refractivity contribution in [2.75, 3.05) is 7.11 Å². The molecule has 152 valence electrons. The van der Waals surface area contributed by atoms with Gasteiger partial charge in [0.1, 0.15) is 11.3 Å². The number of benzene rings is 4. The Morgan fingerprint density at radius 1 is 0.742 bits per heavy atom. The van der Waals surface area contributed by atoms with Crippen molar-refractivity contribution in [1.82, 2.24) is 4.98 Å². The van der Waals surface area contributed by atoms with E-state index in [0.29, 0.717) is 21.5 Å². The summed E-state index contributed by atoms with van der Waals surface area (Å²) in [5, 5.41) is 1.14. The molecule has 0 aliphatic carbocycles. The largest absolute Gasteiger partial charge is 0.496 e. The molecular weight excluding hydrogens is 429 g/mol. The van der Waals surface area contributed by atoms with Gasteiger partial charge in [-0.3, -0.25) is 0 Å². The molecule has 31 heavy (non-hydrogen) atoms. The molecule has 0 spiro atoms. The minimum atomic E-state index is 0.550. The highest BCUT2D eigenvalue weighted by Crippen LogP contribution is 2.42. The molecule has 0 bridgehead atoms. The molecule has 0 aliphatic rings. The SMILES string of the molecule is COc1ccccc1-c1cc(-c2c(Cl)cccc2Cl)cc2oc(-c3ccccc3)nc12. The van der Waals surface area contributed by atoms with Gasteiger partial charge in [-0.15, -0.1) is 0 Å². The number of fused-ring (bicyclic) bond motifs is 1. The molecule has 0 amide bonds. The molecule has 0 aliphatic heterocycles. The second-order valence-corrected chi connectivity index (χ2v) is 7.87. The van der Waals surface area contributed by atoms with Crippen molar-refractivity contribution in [3.63, 3.8) is 0 Å². The molecule has 0 atom stereocenters. The van der Waals surface area contributed by atoms with Gasteiger partial charge in [0.25, 0.3) is 0 Å². The molecule has 3 nitrogen and oxygen atoms in total. The number of nitrogens with zero attached hydrogens (tertiary/aromatic N) is 1. The van der Waals surface area contributed by atoms with E-state index in [-0.39, 0.29) is 0 Å². The molecule has 0 saturated carbocycles. The van der Waals surface area contributed by atoms with E-state index in [4.69, 9.17) is 37.3 Å². The van der Waals surface area contributed by atoms with Crippen molar-refractivity contribution in [2.24, 2.45) is 0 Å². The molecule has 5 rings (SSSR count). The number of hydrogen-bond donors (Lipinski definition) is 0. The van der Waals surface area contributed by atoms with Crippen LogP contribution in [0.2, 0.25) is 10.0 Å². The van der Waals surface area contributed by atoms with Crippen molar-refractivity contribution in [3.05, 3.63) is 95.0 Å². The molecule has 0 saturated heterocycles. The third kappa shape index (κ3) is 3.56. The number of hydrogen-bond acceptors (Lipinski definition) is 3. The van der Waals surface area contributed by atoms with Crippen molar-refractivity contribution in [3.8, 4) is 39.5 Å². The highest BCUT2D eigenvalue weighted by atomic mass is 35.5. The van der Waals surface area contributed by atoms with Crippen LogP contribution in [0.1, 0.15) is 0 Å². The molecule has 0 fully saturated rings. The lowest BCUT2D eigenvalue weighted by Crippen LogP contribution is -1.90. The Morgan fingerprint density at radius 3 is 2.19 bits per heavy atom. The van der Waals surface area contributed by atoms with Gasteiger partial charge in [0.15, 0.2) is 5.58 Å². The maximum atomic E-state index is 6.52. The summed E-state index contributed by atoms with van der Waals surface area (Å²) in [5.41, 5.74) is 5.69. The first-order valence-electron chi connectivity index (χ1n) is 9.73. The molecule has 5 aromatic rings. The molecular formula is C26H17Cl2NO2. The van der Waals surface area contributed by atoms with Gasteiger partial charge >= 0.3 is 0 Å². The van der Waals surface area contributed by atoms with Gasteiger partial charge in [0.2, 0.25) is 5.89 Å². The minimum Gasteiger partial charge on any atom is -0.496 e. The standard InChI is InChI=1S/C26H17Cl2NO2/c1-30-22-13-6-5-10-18(22)19-14-17(24-20(27)11-7-12-21(24)28)15-23-25(19)29-26(31-23)16-8-3-2-4-9-16/h2-15H,1H3. The van der Waals surface area contributed by atoms with E-state index in [1.54, 1.807) is 7.11 Å². The van der Waals surface area contributed by atoms with Gasteiger partial charge in [0, 0.05) is 32.3 Å². The zero-order valence-corrected chi connectivity index (χ0v) is 18.1. The number of halogens is 2. The van der Waals surface area contributed by atoms with Gasteiger partial charge in [-0.05, 0) is 48.0 Å². The first kappa shape index (κ1) is 19.7. The summed E-state index contributed by atoms with van der Waals surface area (Å²) in [6, 6.07) is 27.1. The highest BCUT2D eigenvalue weighted by molar-refractivity contribution is 6.39. The first-order valence-corrected chi connectivity index (χ1v) is 10.5. The van der Waals surface area contributed by atoms with Gasteiger partial charge in [-0.2, -0.15) is 0 Å². The van der Waals surface area contributed by atoms with Crippen molar-refractivity contribution < 1.29 is 9.15 Å². The highest BCUT2D eigenvalue weighted by Gasteiger charge is 2.19. The smallest absolute Gasteiger partial charge is 0.227 e. The second-order valence-electron chi connectivity index (χ2n) is 7.05. The van der Waals surface area contributed by atoms with Crippen LogP contribution in [0.25, 0.3) is 44.8 Å². The molecule has 1 heterocycles. The number of oxazole rings is 1. The van der Waals surface area contributed by atoms with Crippen LogP contribution in [0.3, 0.4) is 0 Å². The van der Waals surface area contributed by atoms with E-state index in [0.717, 1.165) is 39.1 Å². The average Bonchev–Trinajstić information content (AvgIpc) is 3.23. The monoisotopic (exact) mass is 445 g/mol. The minimum absolute atomic E-state index is 0.550. The van der Waals surface area contributed by atoms with Crippen molar-refractivity contribution in [2.45, 2.75) is 0 Å². The number of rotatable bonds is 4. The van der Waals surface area contributed by atoms with E-state index in [1.165, 1.54) is 0 Å². The normalized spacial score (nSPS) is 11.1. The third-order valence-electron chi connectivity index (χ3n) is 5.16. The summed E-state index contributed by atoms with van der Waals surface area (Å²) in [5.74, 6) is 1.30. The predicted molar refractivity (Wildman–Crippen MR) is 127 cm³/mol. The molecule has 0 unspecified atom stereocenters. The molecule has 1 aromatic heterocycles. The Labute approximate surface area is 189 Å². The summed E-state index contributed by atoms with van der Waals surface area (Å²) in [7, 11) is 1.66. The van der Waals surface area contributed by atoms with E-state index >= 15 is 0 Å². The fraction of sp³-hybridized carbons (Fsp3) is 0.0385. The molecule has 4 aromatic carbocycles. The van der Waals surface area contributed by atoms with Gasteiger partial charge < -0.3 is 9.15 Å². The van der Waals surface area contributed by atoms with Crippen molar-refractivity contribution >= 4 is 34.3 Å². The lowest BCUT2D eigenvalue weighted by Gasteiger charge is -2.12. The average molecular weight is 446 g/mol. The Bertz CT molecular complexity index is 1370. The van der Waals surface area contributed by atoms with Crippen LogP contribution in [-0.2, 0) is 0 Å². The molecule has 0 N–H and O–H groups in total. The van der Waals surface area contributed by atoms with Crippen LogP contribution in [0.4, 0.5) is 0 Å². The lowest BCUT2D eigenvalue weighted by atomic mass is 9.97. The van der Waals surface area contributed by atoms with Crippen LogP contribution < -0.4 is 4.74 Å². The first-order chi connectivity index (χ1) is 15.2. The predicted octanol–water partition coefficient (Wildman–Crippen LogP) is 8.14. The Morgan fingerprint density at radius 2 is 1.45 bits per heavy atom. The van der Waals surface area contributed by atoms with Gasteiger partial charge in [0.05, 0.1) is 7.11 Å². The Balaban J connectivity index is 1.83. The van der Waals surface area contributed by atoms with Crippen molar-refractivity contribution in [1.29, 1.82) is 0 Å². The number of para-hydroxylation sites is 1. The van der Waals surface area contributed by atoms with E-state index in [9.17, 15) is 0 Å². The van der Waals surface area contributed by atoms with E-state index < -0.39 is 0 Å². The van der Waals surface area contributed by atoms with Crippen LogP contribution in [0.15, 0.2) is 89.3 Å². The van der Waals surface area contributed by atoms with E-state index in [1.807, 2.05) is 84.9 Å². The van der Waals surface area contributed by atoms with Gasteiger partial charge in [-0.25, -0.2) is 4.98 Å². The summed E-state index contributed by atoms with van der Waals surface area (Å²) < 4.78 is 11.8. The lowest BCUT2D eigenvalue weighted by molar-refractivity contribution is 0.416. The number of ether oxygens (including phenoxy) is 1. The Kier molecular flexibility index (Phi) is 5.14. The molecule has 0 radical (unpaired) electrons. The summed E-state index contributed by atoms with van der Waals surface area (Å²) in [6.07, 6.45) is 0. The van der Waals surface area contributed by atoms with Crippen LogP contribution >= 0.6 is 23.2 Å². The summed E-state index contributed by atoms with van der Waals surface area (Å²) in [4.78, 5) is 4.83. The fourth-order valence-electron chi connectivity index (χ4n) is 3.72. The second kappa shape index (κ2) is 8.10. The zero-order valence-electron chi connectivity index (χ0n) is 16.6. The molecule has 5 heteroatoms. The van der Waals surface area contributed by atoms with Crippen LogP contribution in [0.5, 0.6) is 5.75 Å². The fourth-order valence-corrected chi connectivity index (χ4v) is 4.34. The van der Waals surface area contributed by atoms with Gasteiger partial charge in [-0.1, -0.05) is 65.7 Å². The zero-order chi connectivity index (χ0) is 21.4. The summed E-state index contributed by atoms with van der Waals surface area (Å²) in [6.45, 7) is 0. The van der Waals surface area contributed by atoms with Crippen LogP contribution in [-0.4, -0.2) is 12.1 Å². The maximum absolute atomic E-state index is 6.52. The maximum Gasteiger partial charge on any atom is 0.227 e. The topological polar surface area (TPSA) is 35.3 Å². The quantitative estimate of drug-likeness (QED) is 0.279.